The van der Waals surface area contributed by atoms with Crippen molar-refractivity contribution in [3.8, 4) is 5.75 Å². The summed E-state index contributed by atoms with van der Waals surface area (Å²) >= 11 is 1.29. The highest BCUT2D eigenvalue weighted by Gasteiger charge is 2.23. The predicted molar refractivity (Wildman–Crippen MR) is 110 cm³/mol. The summed E-state index contributed by atoms with van der Waals surface area (Å²) in [4.78, 5) is 29.8. The van der Waals surface area contributed by atoms with Crippen molar-refractivity contribution in [1.29, 1.82) is 0 Å². The molecule has 1 atom stereocenters. The van der Waals surface area contributed by atoms with Crippen LogP contribution >= 0.6 is 11.8 Å². The summed E-state index contributed by atoms with van der Waals surface area (Å²) in [5.41, 5.74) is 1.58. The van der Waals surface area contributed by atoms with Crippen molar-refractivity contribution < 1.29 is 9.53 Å². The van der Waals surface area contributed by atoms with E-state index >= 15 is 0 Å². The fourth-order valence-corrected chi connectivity index (χ4v) is 4.27. The number of hydrogen-bond acceptors (Lipinski definition) is 5. The number of amides is 1. The van der Waals surface area contributed by atoms with Crippen molar-refractivity contribution in [3.05, 3.63) is 64.4 Å². The molecule has 0 fully saturated rings. The van der Waals surface area contributed by atoms with Crippen LogP contribution in [-0.2, 0) is 11.3 Å². The highest BCUT2D eigenvalue weighted by atomic mass is 32.2. The van der Waals surface area contributed by atoms with Crippen molar-refractivity contribution in [2.24, 2.45) is 0 Å². The summed E-state index contributed by atoms with van der Waals surface area (Å²) in [5.74, 6) is 0.934. The molecule has 0 spiro atoms. The maximum atomic E-state index is 12.7. The van der Waals surface area contributed by atoms with E-state index in [-0.39, 0.29) is 23.3 Å². The number of hydrogen-bond donors (Lipinski definition) is 1. The Kier molecular flexibility index (Phi) is 5.34. The molecule has 0 saturated carbocycles. The van der Waals surface area contributed by atoms with Gasteiger partial charge in [0.25, 0.3) is 5.56 Å². The molecule has 0 bridgehead atoms. The fourth-order valence-electron chi connectivity index (χ4n) is 3.39. The number of ether oxygens (including phenoxy) is 1. The minimum Gasteiger partial charge on any atom is -0.493 e. The van der Waals surface area contributed by atoms with E-state index in [0.29, 0.717) is 29.2 Å². The van der Waals surface area contributed by atoms with Gasteiger partial charge in [0, 0.05) is 18.5 Å². The van der Waals surface area contributed by atoms with Gasteiger partial charge in [-0.15, -0.1) is 0 Å². The minimum absolute atomic E-state index is 0.0593. The molecule has 1 N–H and O–H groups in total. The minimum atomic E-state index is -0.0863. The van der Waals surface area contributed by atoms with Crippen LogP contribution in [0.3, 0.4) is 0 Å². The van der Waals surface area contributed by atoms with Crippen LogP contribution < -0.4 is 15.6 Å². The zero-order valence-electron chi connectivity index (χ0n) is 15.6. The molecule has 2 heterocycles. The first-order valence-electron chi connectivity index (χ1n) is 9.31. The molecule has 1 unspecified atom stereocenters. The molecule has 0 saturated heterocycles. The summed E-state index contributed by atoms with van der Waals surface area (Å²) in [6.07, 6.45) is 0.737. The molecule has 144 valence electrons. The Morgan fingerprint density at radius 3 is 2.89 bits per heavy atom. The number of nitrogens with zero attached hydrogens (tertiary/aromatic N) is 2. The summed E-state index contributed by atoms with van der Waals surface area (Å²) in [5, 5.41) is 4.24. The number of fused-ring (bicyclic) bond motifs is 2. The number of para-hydroxylation sites is 2. The maximum absolute atomic E-state index is 12.7. The quantitative estimate of drug-likeness (QED) is 0.531. The molecule has 1 aliphatic heterocycles. The van der Waals surface area contributed by atoms with Gasteiger partial charge in [0.15, 0.2) is 5.16 Å². The predicted octanol–water partition coefficient (Wildman–Crippen LogP) is 3.15. The summed E-state index contributed by atoms with van der Waals surface area (Å²) in [6, 6.07) is 15.0. The van der Waals surface area contributed by atoms with Crippen molar-refractivity contribution in [3.63, 3.8) is 0 Å². The normalized spacial score (nSPS) is 15.7. The van der Waals surface area contributed by atoms with Crippen LogP contribution in [-0.4, -0.2) is 27.8 Å². The number of carbonyl (C=O) groups excluding carboxylic acids is 1. The van der Waals surface area contributed by atoms with Gasteiger partial charge in [-0.2, -0.15) is 0 Å². The van der Waals surface area contributed by atoms with E-state index in [9.17, 15) is 9.59 Å². The lowest BCUT2D eigenvalue weighted by molar-refractivity contribution is -0.119. The Hall–Kier alpha value is -2.80. The molecule has 4 rings (SSSR count). The zero-order chi connectivity index (χ0) is 19.5. The van der Waals surface area contributed by atoms with Gasteiger partial charge in [0.05, 0.1) is 29.3 Å². The van der Waals surface area contributed by atoms with E-state index < -0.39 is 0 Å². The molecule has 0 aliphatic carbocycles. The van der Waals surface area contributed by atoms with E-state index in [0.717, 1.165) is 17.7 Å². The van der Waals surface area contributed by atoms with Gasteiger partial charge in [-0.3, -0.25) is 14.2 Å². The maximum Gasteiger partial charge on any atom is 0.262 e. The molecule has 1 aliphatic rings. The van der Waals surface area contributed by atoms with Gasteiger partial charge in [-0.25, -0.2) is 4.98 Å². The first-order chi connectivity index (χ1) is 13.7. The second kappa shape index (κ2) is 8.06. The lowest BCUT2D eigenvalue weighted by Gasteiger charge is -2.26. The lowest BCUT2D eigenvalue weighted by Crippen LogP contribution is -2.33. The topological polar surface area (TPSA) is 73.2 Å². The Morgan fingerprint density at radius 2 is 2.04 bits per heavy atom. The number of nitrogens with one attached hydrogen (secondary N) is 1. The van der Waals surface area contributed by atoms with E-state index in [1.54, 1.807) is 10.6 Å². The highest BCUT2D eigenvalue weighted by Crippen LogP contribution is 2.31. The average Bonchev–Trinajstić information content (AvgIpc) is 2.73. The van der Waals surface area contributed by atoms with Crippen LogP contribution in [0, 0.1) is 0 Å². The number of benzene rings is 2. The van der Waals surface area contributed by atoms with Crippen molar-refractivity contribution >= 4 is 28.6 Å². The number of carbonyl (C=O) groups is 1. The van der Waals surface area contributed by atoms with Crippen LogP contribution in [0.15, 0.2) is 58.5 Å². The van der Waals surface area contributed by atoms with E-state index in [1.165, 1.54) is 11.8 Å². The Labute approximate surface area is 166 Å². The van der Waals surface area contributed by atoms with Gasteiger partial charge in [0.1, 0.15) is 5.75 Å². The molecule has 1 aromatic heterocycles. The summed E-state index contributed by atoms with van der Waals surface area (Å²) in [6.45, 7) is 2.99. The van der Waals surface area contributed by atoms with E-state index in [2.05, 4.69) is 10.3 Å². The zero-order valence-corrected chi connectivity index (χ0v) is 16.4. The van der Waals surface area contributed by atoms with Gasteiger partial charge < -0.3 is 10.1 Å². The first kappa shape index (κ1) is 18.6. The number of rotatable bonds is 5. The second-order valence-corrected chi connectivity index (χ2v) is 7.49. The molecule has 2 aromatic carbocycles. The molecular weight excluding hydrogens is 374 g/mol. The largest absolute Gasteiger partial charge is 0.493 e. The molecule has 1 amide bonds. The third-order valence-corrected chi connectivity index (χ3v) is 5.75. The number of thioether (sulfide) groups is 1. The standard InChI is InChI=1S/C21H21N3O3S/c1-2-24-20(26)15-8-3-5-9-16(15)23-21(24)28-13-19(25)22-17-11-12-27-18-10-6-4-7-14(17)18/h3-10,17H,2,11-13H2,1H3,(H,22,25). The van der Waals surface area contributed by atoms with E-state index in [4.69, 9.17) is 4.74 Å². The molecule has 3 aromatic rings. The van der Waals surface area contributed by atoms with Crippen molar-refractivity contribution in [2.45, 2.75) is 31.1 Å². The van der Waals surface area contributed by atoms with Crippen molar-refractivity contribution in [2.75, 3.05) is 12.4 Å². The fraction of sp³-hybridized carbons (Fsp3) is 0.286. The first-order valence-corrected chi connectivity index (χ1v) is 10.3. The van der Waals surface area contributed by atoms with Gasteiger partial charge in [-0.1, -0.05) is 42.1 Å². The molecule has 6 nitrogen and oxygen atoms in total. The molecule has 28 heavy (non-hydrogen) atoms. The van der Waals surface area contributed by atoms with Gasteiger partial charge in [0.2, 0.25) is 5.91 Å². The molecular formula is C21H21N3O3S. The Morgan fingerprint density at radius 1 is 1.25 bits per heavy atom. The van der Waals surface area contributed by atoms with Crippen LogP contribution in [0.4, 0.5) is 0 Å². The number of aromatic nitrogens is 2. The SMILES string of the molecule is CCn1c(SCC(=O)NC2CCOc3ccccc32)nc2ccccc2c1=O. The average molecular weight is 395 g/mol. The van der Waals surface area contributed by atoms with Crippen LogP contribution in [0.25, 0.3) is 10.9 Å². The van der Waals surface area contributed by atoms with Gasteiger partial charge in [-0.05, 0) is 25.1 Å². The third kappa shape index (κ3) is 3.62. The lowest BCUT2D eigenvalue weighted by atomic mass is 10.0. The smallest absolute Gasteiger partial charge is 0.262 e. The van der Waals surface area contributed by atoms with Crippen molar-refractivity contribution in [1.82, 2.24) is 14.9 Å². The monoisotopic (exact) mass is 395 g/mol. The van der Waals surface area contributed by atoms with Crippen LogP contribution in [0.2, 0.25) is 0 Å². The van der Waals surface area contributed by atoms with Gasteiger partial charge >= 0.3 is 0 Å². The molecule has 0 radical (unpaired) electrons. The second-order valence-electron chi connectivity index (χ2n) is 6.54. The molecule has 7 heteroatoms. The highest BCUT2D eigenvalue weighted by molar-refractivity contribution is 7.99. The van der Waals surface area contributed by atoms with Crippen LogP contribution in [0.5, 0.6) is 5.75 Å². The Balaban J connectivity index is 1.49. The van der Waals surface area contributed by atoms with Crippen LogP contribution in [0.1, 0.15) is 24.9 Å². The Bertz CT molecular complexity index is 1080. The summed E-state index contributed by atoms with van der Waals surface area (Å²) in [7, 11) is 0. The third-order valence-electron chi connectivity index (χ3n) is 4.77. The van der Waals surface area contributed by atoms with E-state index in [1.807, 2.05) is 49.4 Å². The summed E-state index contributed by atoms with van der Waals surface area (Å²) < 4.78 is 7.26.